The predicted molar refractivity (Wildman–Crippen MR) is 202 cm³/mol. The third kappa shape index (κ3) is 8.76. The number of aromatic nitrogens is 1. The molecule has 304 valence electrons. The maximum Gasteiger partial charge on any atom is 0.422 e. The molecule has 5 atom stereocenters. The van der Waals surface area contributed by atoms with E-state index in [9.17, 15) is 32.3 Å². The van der Waals surface area contributed by atoms with Crippen molar-refractivity contribution in [1.29, 1.82) is 0 Å². The van der Waals surface area contributed by atoms with Crippen LogP contribution in [-0.4, -0.2) is 107 Å². The summed E-state index contributed by atoms with van der Waals surface area (Å²) in [6.07, 6.45) is 5.31. The number of likely N-dealkylation sites (tertiary alicyclic amines) is 1. The molecule has 1 aromatic heterocycles. The lowest BCUT2D eigenvalue weighted by atomic mass is 10.0. The van der Waals surface area contributed by atoms with Crippen LogP contribution < -0.4 is 29.6 Å². The van der Waals surface area contributed by atoms with E-state index in [1.165, 1.54) is 30.0 Å². The molecule has 5 amide bonds. The van der Waals surface area contributed by atoms with E-state index in [0.29, 0.717) is 54.6 Å². The van der Waals surface area contributed by atoms with Crippen LogP contribution in [0.25, 0.3) is 10.9 Å². The second kappa shape index (κ2) is 15.9. The minimum atomic E-state index is -4.62. The summed E-state index contributed by atoms with van der Waals surface area (Å²) in [6.45, 7) is 3.32. The average molecular weight is 803 g/mol. The van der Waals surface area contributed by atoms with Crippen LogP contribution in [0.3, 0.4) is 0 Å². The van der Waals surface area contributed by atoms with E-state index in [1.54, 1.807) is 24.0 Å². The number of nitrogens with one attached hydrogen (secondary N) is 3. The minimum Gasteiger partial charge on any atom is -0.496 e. The number of methoxy groups -OCH3 is 1. The predicted octanol–water partition coefficient (Wildman–Crippen LogP) is 5.34. The zero-order chi connectivity index (χ0) is 39.8. The molecule has 4 fully saturated rings. The lowest BCUT2D eigenvalue weighted by Gasteiger charge is -2.34. The van der Waals surface area contributed by atoms with Gasteiger partial charge in [0.15, 0.2) is 6.61 Å². The number of carbonyl (C=O) groups excluding carboxylic acids is 4. The molecule has 5 aliphatic rings. The van der Waals surface area contributed by atoms with Crippen molar-refractivity contribution in [3.05, 3.63) is 35.9 Å². The Morgan fingerprint density at radius 3 is 2.59 bits per heavy atom. The first-order valence-electron chi connectivity index (χ1n) is 19.4. The molecule has 2 aromatic rings. The van der Waals surface area contributed by atoms with Gasteiger partial charge in [0.1, 0.15) is 35.2 Å². The molecule has 3 N–H and O–H groups in total. The Balaban J connectivity index is 1.20. The smallest absolute Gasteiger partial charge is 0.422 e. The number of amides is 5. The van der Waals surface area contributed by atoms with E-state index in [0.717, 1.165) is 38.5 Å². The van der Waals surface area contributed by atoms with E-state index in [2.05, 4.69) is 27.3 Å². The highest BCUT2D eigenvalue weighted by molar-refractivity contribution is 7.99. The Morgan fingerprint density at radius 1 is 1.11 bits per heavy atom. The summed E-state index contributed by atoms with van der Waals surface area (Å²) >= 11 is 1.37. The summed E-state index contributed by atoms with van der Waals surface area (Å²) in [5.41, 5.74) is -0.353. The first-order chi connectivity index (χ1) is 26.7. The number of hydrogen-bond donors (Lipinski definition) is 3. The SMILES string of the molecule is COc1ccc2c(OC3CC4C(=O)NC5(C(=O)NSC6(C)CC6)CC5C=CCCCCCC(NC(=O)N5CCC5)C(=O)N4C3)cc(OCC(F)(F)F)nc2c1C. The Kier molecular flexibility index (Phi) is 11.3. The van der Waals surface area contributed by atoms with Crippen molar-refractivity contribution in [2.24, 2.45) is 5.92 Å². The van der Waals surface area contributed by atoms with Gasteiger partial charge in [0.25, 0.3) is 5.91 Å². The summed E-state index contributed by atoms with van der Waals surface area (Å²) < 4.78 is 59.6. The topological polar surface area (TPSA) is 151 Å². The number of rotatable bonds is 9. The lowest BCUT2D eigenvalue weighted by molar-refractivity contribution is -0.154. The molecular weight excluding hydrogens is 754 g/mol. The fourth-order valence-corrected chi connectivity index (χ4v) is 8.38. The van der Waals surface area contributed by atoms with Gasteiger partial charge in [-0.25, -0.2) is 9.78 Å². The number of benzene rings is 1. The number of pyridine rings is 1. The molecule has 2 aliphatic carbocycles. The monoisotopic (exact) mass is 802 g/mol. The van der Waals surface area contributed by atoms with Crippen molar-refractivity contribution in [3.63, 3.8) is 0 Å². The third-order valence-electron chi connectivity index (χ3n) is 11.5. The van der Waals surface area contributed by atoms with E-state index < -0.39 is 48.3 Å². The number of allylic oxidation sites excluding steroid dienone is 1. The zero-order valence-corrected chi connectivity index (χ0v) is 32.7. The number of fused-ring (bicyclic) bond motifs is 3. The van der Waals surface area contributed by atoms with E-state index in [1.807, 2.05) is 12.2 Å². The summed E-state index contributed by atoms with van der Waals surface area (Å²) in [5.74, 6) is -1.23. The molecule has 13 nitrogen and oxygen atoms in total. The number of halogens is 3. The van der Waals surface area contributed by atoms with Crippen molar-refractivity contribution in [2.45, 2.75) is 113 Å². The number of aryl methyl sites for hydroxylation is 1. The molecule has 1 aromatic carbocycles. The number of carbonyl (C=O) groups is 4. The second-order valence-corrected chi connectivity index (χ2v) is 17.2. The summed E-state index contributed by atoms with van der Waals surface area (Å²) in [6, 6.07) is 2.29. The molecular formula is C39H49F3N6O7S. The summed E-state index contributed by atoms with van der Waals surface area (Å²) in [4.78, 5) is 63.4. The van der Waals surface area contributed by atoms with E-state index >= 15 is 0 Å². The molecule has 2 saturated carbocycles. The van der Waals surface area contributed by atoms with Crippen LogP contribution in [0.5, 0.6) is 17.4 Å². The maximum atomic E-state index is 14.6. The van der Waals surface area contributed by atoms with Gasteiger partial charge in [-0.05, 0) is 82.9 Å². The first-order valence-corrected chi connectivity index (χ1v) is 20.2. The molecule has 17 heteroatoms. The Bertz CT molecular complexity index is 1890. The molecule has 56 heavy (non-hydrogen) atoms. The molecule has 0 spiro atoms. The number of alkyl halides is 3. The van der Waals surface area contributed by atoms with Crippen LogP contribution in [-0.2, 0) is 14.4 Å². The van der Waals surface area contributed by atoms with Crippen LogP contribution in [0.1, 0.15) is 76.7 Å². The lowest BCUT2D eigenvalue weighted by Crippen LogP contribution is -2.59. The number of nitrogens with zero attached hydrogens (tertiary/aromatic N) is 3. The Labute approximate surface area is 327 Å². The number of hydrogen-bond acceptors (Lipinski definition) is 9. The Hall–Kier alpha value is -4.41. The normalized spacial score (nSPS) is 27.5. The summed E-state index contributed by atoms with van der Waals surface area (Å²) in [7, 11) is 1.47. The van der Waals surface area contributed by atoms with Crippen molar-refractivity contribution < 1.29 is 46.6 Å². The van der Waals surface area contributed by atoms with Gasteiger partial charge in [-0.3, -0.25) is 19.1 Å². The van der Waals surface area contributed by atoms with Gasteiger partial charge < -0.3 is 34.6 Å². The van der Waals surface area contributed by atoms with Gasteiger partial charge in [-0.1, -0.05) is 25.0 Å². The van der Waals surface area contributed by atoms with Gasteiger partial charge in [0.2, 0.25) is 17.7 Å². The van der Waals surface area contributed by atoms with Gasteiger partial charge in [-0.2, -0.15) is 13.2 Å². The molecule has 7 rings (SSSR count). The second-order valence-electron chi connectivity index (χ2n) is 15.8. The summed E-state index contributed by atoms with van der Waals surface area (Å²) in [5, 5.41) is 6.43. The standard InChI is InChI=1S/C39H49F3N6O7S/c1-23-29(53-3)13-12-26-30(19-31(44-32(23)26)54-22-39(40,41)42)55-25-18-28-33(49)45-38(35(51)46-56-37(2)14-15-37)20-24(38)10-7-5-4-6-8-11-27(34(50)48(28)21-25)43-36(52)47-16-9-17-47/h7,10,12-13,19,24-25,27-28H,4-6,8-9,11,14-18,20-22H2,1-3H3,(H,43,52)(H,45,49)(H,46,51). The molecule has 0 bridgehead atoms. The van der Waals surface area contributed by atoms with Crippen LogP contribution in [0.4, 0.5) is 18.0 Å². The highest BCUT2D eigenvalue weighted by Gasteiger charge is 2.61. The van der Waals surface area contributed by atoms with Crippen LogP contribution in [0, 0.1) is 12.8 Å². The maximum absolute atomic E-state index is 14.6. The molecule has 3 aliphatic heterocycles. The quantitative estimate of drug-likeness (QED) is 0.226. The highest BCUT2D eigenvalue weighted by atomic mass is 32.2. The van der Waals surface area contributed by atoms with Crippen LogP contribution in [0.2, 0.25) is 0 Å². The molecule has 4 heterocycles. The van der Waals surface area contributed by atoms with Crippen LogP contribution >= 0.6 is 11.9 Å². The van der Waals surface area contributed by atoms with Crippen molar-refractivity contribution in [2.75, 3.05) is 33.4 Å². The fraction of sp³-hybridized carbons (Fsp3) is 0.615. The molecule has 2 saturated heterocycles. The first kappa shape index (κ1) is 39.8. The minimum absolute atomic E-state index is 0.00703. The van der Waals surface area contributed by atoms with Crippen molar-refractivity contribution >= 4 is 46.6 Å². The zero-order valence-electron chi connectivity index (χ0n) is 31.8. The third-order valence-corrected chi connectivity index (χ3v) is 12.6. The van der Waals surface area contributed by atoms with Gasteiger partial charge >= 0.3 is 12.2 Å². The fourth-order valence-electron chi connectivity index (χ4n) is 7.55. The molecule has 5 unspecified atom stereocenters. The van der Waals surface area contributed by atoms with E-state index in [-0.39, 0.29) is 47.2 Å². The van der Waals surface area contributed by atoms with E-state index in [4.69, 9.17) is 14.2 Å². The number of ether oxygens (including phenoxy) is 3. The average Bonchev–Trinajstić information content (AvgIpc) is 4.00. The van der Waals surface area contributed by atoms with Gasteiger partial charge in [-0.15, -0.1) is 0 Å². The van der Waals surface area contributed by atoms with Crippen LogP contribution in [0.15, 0.2) is 30.4 Å². The Morgan fingerprint density at radius 2 is 1.89 bits per heavy atom. The van der Waals surface area contributed by atoms with Crippen molar-refractivity contribution in [3.8, 4) is 17.4 Å². The highest BCUT2D eigenvalue weighted by Crippen LogP contribution is 2.49. The molecule has 0 radical (unpaired) electrons. The number of urea groups is 1. The van der Waals surface area contributed by atoms with Crippen molar-refractivity contribution in [1.82, 2.24) is 30.1 Å². The van der Waals surface area contributed by atoms with Gasteiger partial charge in [0, 0.05) is 47.2 Å². The van der Waals surface area contributed by atoms with Gasteiger partial charge in [0.05, 0.1) is 19.2 Å². The largest absolute Gasteiger partial charge is 0.496 e.